The molecule has 8 nitrogen and oxygen atoms in total. The van der Waals surface area contributed by atoms with Crippen LogP contribution in [0.2, 0.25) is 18.1 Å². The quantitative estimate of drug-likeness (QED) is 0.363. The third-order valence-corrected chi connectivity index (χ3v) is 12.3. The number of carbonyl (C=O) groups is 2. The number of fused-ring (bicyclic) bond motifs is 1. The number of thioether (sulfide) groups is 1. The second-order valence-electron chi connectivity index (χ2n) is 8.69. The number of hydrogen-bond donors (Lipinski definition) is 1. The molecule has 27 heavy (non-hydrogen) atoms. The molecule has 2 aliphatic heterocycles. The summed E-state index contributed by atoms with van der Waals surface area (Å²) in [6, 6.07) is -1.09. The minimum absolute atomic E-state index is 0.00792. The van der Waals surface area contributed by atoms with Crippen molar-refractivity contribution in [3.05, 3.63) is 0 Å². The second-order valence-corrected chi connectivity index (χ2v) is 16.5. The lowest BCUT2D eigenvalue weighted by atomic mass is 9.90. The molecule has 156 valence electrons. The maximum Gasteiger partial charge on any atom is 0.327 e. The maximum absolute atomic E-state index is 12.7. The Morgan fingerprint density at radius 3 is 2.37 bits per heavy atom. The van der Waals surface area contributed by atoms with Crippen LogP contribution in [-0.2, 0) is 28.3 Å². The molecule has 11 heteroatoms. The highest BCUT2D eigenvalue weighted by molar-refractivity contribution is 8.01. The third kappa shape index (κ3) is 4.52. The van der Waals surface area contributed by atoms with Crippen molar-refractivity contribution in [1.82, 2.24) is 4.90 Å². The van der Waals surface area contributed by atoms with E-state index in [-0.39, 0.29) is 29.0 Å². The van der Waals surface area contributed by atoms with Gasteiger partial charge in [-0.2, -0.15) is 8.42 Å². The summed E-state index contributed by atoms with van der Waals surface area (Å²) >= 11 is 1.28. The summed E-state index contributed by atoms with van der Waals surface area (Å²) in [6.45, 7) is 12.1. The Kier molecular flexibility index (Phi) is 6.15. The fraction of sp³-hybridized carbons (Fsp3) is 0.875. The molecule has 2 fully saturated rings. The summed E-state index contributed by atoms with van der Waals surface area (Å²) in [5, 5.41) is 8.54. The first-order chi connectivity index (χ1) is 12.1. The predicted octanol–water partition coefficient (Wildman–Crippen LogP) is 1.73. The zero-order valence-electron chi connectivity index (χ0n) is 16.8. The molecular formula is C16H29NO7S2Si. The van der Waals surface area contributed by atoms with Crippen molar-refractivity contribution in [2.45, 2.75) is 68.6 Å². The lowest BCUT2D eigenvalue weighted by molar-refractivity contribution is -0.167. The Hall–Kier alpha value is -0.623. The summed E-state index contributed by atoms with van der Waals surface area (Å²) < 4.78 is 33.6. The third-order valence-electron chi connectivity index (χ3n) is 5.58. The summed E-state index contributed by atoms with van der Waals surface area (Å²) in [7, 11) is -5.77. The van der Waals surface area contributed by atoms with Crippen molar-refractivity contribution in [3.8, 4) is 0 Å². The summed E-state index contributed by atoms with van der Waals surface area (Å²) in [5.41, 5.74) is 0. The zero-order chi connectivity index (χ0) is 20.9. The van der Waals surface area contributed by atoms with Crippen LogP contribution in [0.4, 0.5) is 0 Å². The van der Waals surface area contributed by atoms with Crippen LogP contribution < -0.4 is 0 Å². The minimum Gasteiger partial charge on any atom is -0.480 e. The molecule has 0 aliphatic carbocycles. The summed E-state index contributed by atoms with van der Waals surface area (Å²) in [6.07, 6.45) is 0.580. The van der Waals surface area contributed by atoms with Gasteiger partial charge in [0, 0.05) is 0 Å². The van der Waals surface area contributed by atoms with Gasteiger partial charge in [0.05, 0.1) is 35.5 Å². The Morgan fingerprint density at radius 2 is 1.93 bits per heavy atom. The fourth-order valence-corrected chi connectivity index (χ4v) is 6.82. The van der Waals surface area contributed by atoms with E-state index in [1.165, 1.54) is 16.7 Å². The molecule has 0 aromatic carbocycles. The summed E-state index contributed by atoms with van der Waals surface area (Å²) in [4.78, 5) is 25.7. The molecule has 0 spiro atoms. The van der Waals surface area contributed by atoms with Gasteiger partial charge in [-0.15, -0.1) is 11.8 Å². The molecule has 0 aromatic rings. The van der Waals surface area contributed by atoms with Gasteiger partial charge < -0.3 is 14.4 Å². The molecule has 0 radical (unpaired) electrons. The van der Waals surface area contributed by atoms with E-state index in [9.17, 15) is 23.1 Å². The largest absolute Gasteiger partial charge is 0.480 e. The number of aliphatic carboxylic acids is 1. The van der Waals surface area contributed by atoms with Crippen LogP contribution in [0.3, 0.4) is 0 Å². The monoisotopic (exact) mass is 439 g/mol. The van der Waals surface area contributed by atoms with Gasteiger partial charge in [-0.25, -0.2) is 4.79 Å². The van der Waals surface area contributed by atoms with E-state index in [1.807, 2.05) is 6.92 Å². The summed E-state index contributed by atoms with van der Waals surface area (Å²) in [5.74, 6) is -1.85. The van der Waals surface area contributed by atoms with Crippen LogP contribution >= 0.6 is 11.8 Å². The van der Waals surface area contributed by atoms with E-state index < -0.39 is 41.6 Å². The number of carbonyl (C=O) groups excluding carboxylic acids is 1. The van der Waals surface area contributed by atoms with Gasteiger partial charge in [-0.3, -0.25) is 8.98 Å². The van der Waals surface area contributed by atoms with E-state index in [2.05, 4.69) is 33.9 Å². The second kappa shape index (κ2) is 7.32. The Balaban J connectivity index is 2.14. The highest BCUT2D eigenvalue weighted by Gasteiger charge is 2.62. The minimum atomic E-state index is -3.69. The number of rotatable bonds is 7. The SMILES string of the molecule is C[C@@H](O[Si](C)(C)C(C)(C)C)[C@H]1C(=O)N2C(C(=O)O)C(COS(C)(=O)=O)SC12. The molecule has 0 saturated carbocycles. The number of carboxylic acid groups (broad SMARTS) is 1. The first-order valence-corrected chi connectivity index (χ1v) is 14.5. The Bertz CT molecular complexity index is 719. The Labute approximate surface area is 166 Å². The van der Waals surface area contributed by atoms with Crippen molar-refractivity contribution < 1.29 is 31.7 Å². The van der Waals surface area contributed by atoms with Gasteiger partial charge in [0.2, 0.25) is 5.91 Å². The molecule has 0 aromatic heterocycles. The van der Waals surface area contributed by atoms with Gasteiger partial charge >= 0.3 is 5.97 Å². The molecule has 1 N–H and O–H groups in total. The normalized spacial score (nSPS) is 30.0. The molecule has 5 atom stereocenters. The van der Waals surface area contributed by atoms with Gasteiger partial charge in [0.1, 0.15) is 6.04 Å². The van der Waals surface area contributed by atoms with Gasteiger partial charge in [0.25, 0.3) is 10.1 Å². The highest BCUT2D eigenvalue weighted by Crippen LogP contribution is 2.50. The molecule has 2 saturated heterocycles. The average molecular weight is 440 g/mol. The van der Waals surface area contributed by atoms with E-state index in [4.69, 9.17) is 8.61 Å². The smallest absolute Gasteiger partial charge is 0.327 e. The van der Waals surface area contributed by atoms with Crippen LogP contribution in [0.25, 0.3) is 0 Å². The molecule has 2 rings (SSSR count). The topological polar surface area (TPSA) is 110 Å². The van der Waals surface area contributed by atoms with Crippen molar-refractivity contribution >= 4 is 42.1 Å². The first-order valence-electron chi connectivity index (χ1n) is 8.79. The number of carboxylic acids is 1. The van der Waals surface area contributed by atoms with Crippen LogP contribution in [0.1, 0.15) is 27.7 Å². The molecule has 2 aliphatic rings. The van der Waals surface area contributed by atoms with E-state index >= 15 is 0 Å². The molecule has 0 bridgehead atoms. The zero-order valence-corrected chi connectivity index (χ0v) is 19.4. The van der Waals surface area contributed by atoms with E-state index in [0.717, 1.165) is 6.26 Å². The standard InChI is InChI=1S/C16H29NO7S2Si/c1-9(24-27(6,7)16(2,3)4)11-13(18)17-12(15(19)20)10(25-14(11)17)8-23-26(5,21)22/h9-12,14H,8H2,1-7H3,(H,19,20)/t9-,10?,11+,12?,14?/m1/s1. The van der Waals surface area contributed by atoms with Crippen LogP contribution in [0, 0.1) is 5.92 Å². The molecule has 3 unspecified atom stereocenters. The van der Waals surface area contributed by atoms with Crippen molar-refractivity contribution in [3.63, 3.8) is 0 Å². The van der Waals surface area contributed by atoms with E-state index in [1.54, 1.807) is 0 Å². The molecule has 2 heterocycles. The Morgan fingerprint density at radius 1 is 1.37 bits per heavy atom. The van der Waals surface area contributed by atoms with Crippen molar-refractivity contribution in [2.75, 3.05) is 12.9 Å². The van der Waals surface area contributed by atoms with Crippen molar-refractivity contribution in [2.24, 2.45) is 5.92 Å². The number of nitrogens with zero attached hydrogens (tertiary/aromatic N) is 1. The van der Waals surface area contributed by atoms with Crippen molar-refractivity contribution in [1.29, 1.82) is 0 Å². The maximum atomic E-state index is 12.7. The van der Waals surface area contributed by atoms with Gasteiger partial charge in [-0.05, 0) is 25.1 Å². The molecule has 1 amide bonds. The van der Waals surface area contributed by atoms with Gasteiger partial charge in [-0.1, -0.05) is 20.8 Å². The lowest BCUT2D eigenvalue weighted by Crippen LogP contribution is -2.65. The van der Waals surface area contributed by atoms with Crippen LogP contribution in [-0.4, -0.2) is 74.3 Å². The van der Waals surface area contributed by atoms with E-state index in [0.29, 0.717) is 0 Å². The predicted molar refractivity (Wildman–Crippen MR) is 105 cm³/mol. The van der Waals surface area contributed by atoms with Crippen LogP contribution in [0.15, 0.2) is 0 Å². The van der Waals surface area contributed by atoms with Crippen LogP contribution in [0.5, 0.6) is 0 Å². The number of β-lactam (4-membered cyclic amide) rings is 1. The lowest BCUT2D eigenvalue weighted by Gasteiger charge is -2.48. The highest BCUT2D eigenvalue weighted by atomic mass is 32.2. The number of hydrogen-bond acceptors (Lipinski definition) is 7. The fourth-order valence-electron chi connectivity index (χ4n) is 3.14. The molecular weight excluding hydrogens is 410 g/mol. The average Bonchev–Trinajstić information content (AvgIpc) is 2.77. The number of amides is 1. The van der Waals surface area contributed by atoms with Gasteiger partial charge in [0.15, 0.2) is 8.32 Å². The first kappa shape index (κ1) is 22.7.